The molecule has 0 aromatic heterocycles. The van der Waals surface area contributed by atoms with Gasteiger partial charge >= 0.3 is 0 Å². The number of aliphatic hydroxyl groups is 1. The normalized spacial score (nSPS) is 23.1. The summed E-state index contributed by atoms with van der Waals surface area (Å²) in [5.74, 6) is 0.0265. The molecule has 2 aromatic carbocycles. The SMILES string of the molecule is N[C@H](c1ccc(Cl)cc1)[C@@H]1Cc2ccccc2[C@H]1O. The van der Waals surface area contributed by atoms with Crippen molar-refractivity contribution < 1.29 is 5.11 Å². The standard InChI is InChI=1S/C16H16ClNO/c17-12-7-5-10(6-8-12)15(18)14-9-11-3-1-2-4-13(11)16(14)19/h1-8,14-16,19H,9,18H2/t14-,15+,16+/m0/s1. The summed E-state index contributed by atoms with van der Waals surface area (Å²) in [4.78, 5) is 0. The van der Waals surface area contributed by atoms with Crippen LogP contribution in [0.5, 0.6) is 0 Å². The summed E-state index contributed by atoms with van der Waals surface area (Å²) in [7, 11) is 0. The molecule has 1 aliphatic rings. The van der Waals surface area contributed by atoms with Crippen molar-refractivity contribution in [3.8, 4) is 0 Å². The number of nitrogens with two attached hydrogens (primary N) is 1. The topological polar surface area (TPSA) is 46.2 Å². The van der Waals surface area contributed by atoms with Gasteiger partial charge in [-0.25, -0.2) is 0 Å². The number of rotatable bonds is 2. The molecule has 2 nitrogen and oxygen atoms in total. The Morgan fingerprint density at radius 2 is 1.79 bits per heavy atom. The molecule has 0 heterocycles. The van der Waals surface area contributed by atoms with Crippen LogP contribution >= 0.6 is 11.6 Å². The largest absolute Gasteiger partial charge is 0.388 e. The highest BCUT2D eigenvalue weighted by molar-refractivity contribution is 6.30. The lowest BCUT2D eigenvalue weighted by Crippen LogP contribution is -2.24. The fraction of sp³-hybridized carbons (Fsp3) is 0.250. The smallest absolute Gasteiger partial charge is 0.0842 e. The minimum atomic E-state index is -0.484. The van der Waals surface area contributed by atoms with E-state index < -0.39 is 6.10 Å². The fourth-order valence-electron chi connectivity index (χ4n) is 2.86. The van der Waals surface area contributed by atoms with Crippen LogP contribution in [0, 0.1) is 5.92 Å². The summed E-state index contributed by atoms with van der Waals surface area (Å²) in [5.41, 5.74) is 9.54. The minimum Gasteiger partial charge on any atom is -0.388 e. The first-order valence-electron chi connectivity index (χ1n) is 6.44. The Morgan fingerprint density at radius 3 is 2.47 bits per heavy atom. The van der Waals surface area contributed by atoms with E-state index in [1.165, 1.54) is 5.56 Å². The Hall–Kier alpha value is -1.35. The van der Waals surface area contributed by atoms with Gasteiger partial charge in [-0.15, -0.1) is 0 Å². The van der Waals surface area contributed by atoms with Crippen LogP contribution in [0.2, 0.25) is 5.02 Å². The van der Waals surface area contributed by atoms with Gasteiger partial charge in [0, 0.05) is 17.0 Å². The van der Waals surface area contributed by atoms with Gasteiger partial charge in [0.1, 0.15) is 0 Å². The number of halogens is 1. The molecule has 1 aliphatic carbocycles. The van der Waals surface area contributed by atoms with Gasteiger partial charge in [0.2, 0.25) is 0 Å². The van der Waals surface area contributed by atoms with Gasteiger partial charge in [0.15, 0.2) is 0 Å². The lowest BCUT2D eigenvalue weighted by molar-refractivity contribution is 0.108. The molecule has 3 rings (SSSR count). The second-order valence-electron chi connectivity index (χ2n) is 5.09. The summed E-state index contributed by atoms with van der Waals surface area (Å²) in [5, 5.41) is 11.1. The summed E-state index contributed by atoms with van der Waals surface area (Å²) in [6.45, 7) is 0. The number of hydrogen-bond acceptors (Lipinski definition) is 2. The van der Waals surface area contributed by atoms with Crippen molar-refractivity contribution in [1.29, 1.82) is 0 Å². The zero-order valence-corrected chi connectivity index (χ0v) is 11.2. The molecule has 3 atom stereocenters. The van der Waals surface area contributed by atoms with Crippen LogP contribution in [0.3, 0.4) is 0 Å². The van der Waals surface area contributed by atoms with Crippen molar-refractivity contribution >= 4 is 11.6 Å². The van der Waals surface area contributed by atoms with Crippen LogP contribution in [-0.4, -0.2) is 5.11 Å². The van der Waals surface area contributed by atoms with E-state index in [1.807, 2.05) is 42.5 Å². The van der Waals surface area contributed by atoms with Gasteiger partial charge in [-0.3, -0.25) is 0 Å². The molecule has 0 unspecified atom stereocenters. The van der Waals surface area contributed by atoms with E-state index in [4.69, 9.17) is 17.3 Å². The number of aliphatic hydroxyl groups excluding tert-OH is 1. The Morgan fingerprint density at radius 1 is 1.11 bits per heavy atom. The monoisotopic (exact) mass is 273 g/mol. The van der Waals surface area contributed by atoms with Gasteiger partial charge in [-0.1, -0.05) is 48.0 Å². The van der Waals surface area contributed by atoms with Gasteiger partial charge < -0.3 is 10.8 Å². The van der Waals surface area contributed by atoms with Crippen LogP contribution in [0.4, 0.5) is 0 Å². The third kappa shape index (κ3) is 2.27. The third-order valence-electron chi connectivity index (χ3n) is 3.95. The average molecular weight is 274 g/mol. The molecule has 0 bridgehead atoms. The van der Waals surface area contributed by atoms with E-state index in [-0.39, 0.29) is 12.0 Å². The molecule has 0 spiro atoms. The van der Waals surface area contributed by atoms with E-state index in [2.05, 4.69) is 6.07 Å². The Labute approximate surface area is 117 Å². The molecule has 0 fully saturated rings. The lowest BCUT2D eigenvalue weighted by atomic mass is 9.90. The first kappa shape index (κ1) is 12.7. The van der Waals surface area contributed by atoms with Crippen molar-refractivity contribution in [3.05, 3.63) is 70.2 Å². The van der Waals surface area contributed by atoms with Crippen molar-refractivity contribution in [3.63, 3.8) is 0 Å². The quantitative estimate of drug-likeness (QED) is 0.882. The Bertz CT molecular complexity index is 582. The van der Waals surface area contributed by atoms with Gasteiger partial charge in [-0.2, -0.15) is 0 Å². The van der Waals surface area contributed by atoms with Crippen molar-refractivity contribution in [2.24, 2.45) is 11.7 Å². The van der Waals surface area contributed by atoms with Crippen molar-refractivity contribution in [1.82, 2.24) is 0 Å². The number of benzene rings is 2. The first-order chi connectivity index (χ1) is 9.16. The predicted molar refractivity (Wildman–Crippen MR) is 77.0 cm³/mol. The molecular weight excluding hydrogens is 258 g/mol. The second kappa shape index (κ2) is 4.97. The molecule has 2 aromatic rings. The molecule has 0 aliphatic heterocycles. The summed E-state index contributed by atoms with van der Waals surface area (Å²) in [6, 6.07) is 15.4. The summed E-state index contributed by atoms with van der Waals surface area (Å²) in [6.07, 6.45) is 0.336. The zero-order chi connectivity index (χ0) is 13.4. The predicted octanol–water partition coefficient (Wildman–Crippen LogP) is 3.25. The molecule has 0 amide bonds. The van der Waals surface area contributed by atoms with Crippen LogP contribution in [0.15, 0.2) is 48.5 Å². The number of hydrogen-bond donors (Lipinski definition) is 2. The molecular formula is C16H16ClNO. The highest BCUT2D eigenvalue weighted by atomic mass is 35.5. The maximum absolute atomic E-state index is 10.4. The minimum absolute atomic E-state index is 0.0265. The maximum atomic E-state index is 10.4. The molecule has 0 saturated heterocycles. The van der Waals surface area contributed by atoms with E-state index in [0.717, 1.165) is 17.5 Å². The second-order valence-corrected chi connectivity index (χ2v) is 5.53. The van der Waals surface area contributed by atoms with Crippen LogP contribution in [-0.2, 0) is 6.42 Å². The maximum Gasteiger partial charge on any atom is 0.0842 e. The highest BCUT2D eigenvalue weighted by Crippen LogP contribution is 2.41. The summed E-state index contributed by atoms with van der Waals surface area (Å²) >= 11 is 5.89. The summed E-state index contributed by atoms with van der Waals surface area (Å²) < 4.78 is 0. The Kier molecular flexibility index (Phi) is 3.31. The third-order valence-corrected chi connectivity index (χ3v) is 4.20. The van der Waals surface area contributed by atoms with Crippen LogP contribution in [0.25, 0.3) is 0 Å². The molecule has 0 saturated carbocycles. The van der Waals surface area contributed by atoms with E-state index in [0.29, 0.717) is 5.02 Å². The van der Waals surface area contributed by atoms with E-state index in [9.17, 15) is 5.11 Å². The lowest BCUT2D eigenvalue weighted by Gasteiger charge is -2.23. The van der Waals surface area contributed by atoms with Crippen molar-refractivity contribution in [2.45, 2.75) is 18.6 Å². The van der Waals surface area contributed by atoms with Crippen LogP contribution < -0.4 is 5.73 Å². The fourth-order valence-corrected chi connectivity index (χ4v) is 2.99. The first-order valence-corrected chi connectivity index (χ1v) is 6.81. The molecule has 19 heavy (non-hydrogen) atoms. The average Bonchev–Trinajstić information content (AvgIpc) is 2.77. The number of fused-ring (bicyclic) bond motifs is 1. The molecule has 0 radical (unpaired) electrons. The molecule has 3 heteroatoms. The molecule has 98 valence electrons. The molecule has 3 N–H and O–H groups in total. The zero-order valence-electron chi connectivity index (χ0n) is 10.5. The van der Waals surface area contributed by atoms with Crippen LogP contribution in [0.1, 0.15) is 28.8 Å². The van der Waals surface area contributed by atoms with Crippen molar-refractivity contribution in [2.75, 3.05) is 0 Å². The van der Waals surface area contributed by atoms with Gasteiger partial charge in [0.05, 0.1) is 6.10 Å². The van der Waals surface area contributed by atoms with E-state index in [1.54, 1.807) is 0 Å². The Balaban J connectivity index is 1.87. The van der Waals surface area contributed by atoms with Gasteiger partial charge in [0.25, 0.3) is 0 Å². The van der Waals surface area contributed by atoms with Gasteiger partial charge in [-0.05, 0) is 35.2 Å². The van der Waals surface area contributed by atoms with E-state index >= 15 is 0 Å². The highest BCUT2D eigenvalue weighted by Gasteiger charge is 2.35.